The monoisotopic (exact) mass is 438 g/mol. The Kier molecular flexibility index (Phi) is 4.85. The number of aromatic nitrogens is 2. The number of sulfonamides is 1. The van der Waals surface area contributed by atoms with Gasteiger partial charge in [0.05, 0.1) is 15.5 Å². The zero-order chi connectivity index (χ0) is 20.2. The van der Waals surface area contributed by atoms with Crippen LogP contribution in [-0.4, -0.2) is 59.5 Å². The number of thiophene rings is 2. The molecule has 3 aromatic heterocycles. The molecule has 7 nitrogen and oxygen atoms in total. The fourth-order valence-electron chi connectivity index (χ4n) is 3.60. The summed E-state index contributed by atoms with van der Waals surface area (Å²) in [4.78, 5) is 18.5. The van der Waals surface area contributed by atoms with E-state index in [4.69, 9.17) is 0 Å². The van der Waals surface area contributed by atoms with E-state index in [0.29, 0.717) is 36.0 Å². The Hall–Kier alpha value is -1.75. The van der Waals surface area contributed by atoms with Gasteiger partial charge in [0.25, 0.3) is 5.91 Å². The van der Waals surface area contributed by atoms with Crippen LogP contribution in [-0.2, 0) is 17.1 Å². The van der Waals surface area contributed by atoms with Crippen LogP contribution in [0.5, 0.6) is 0 Å². The van der Waals surface area contributed by atoms with Gasteiger partial charge in [-0.15, -0.1) is 22.7 Å². The number of piperazine rings is 1. The summed E-state index contributed by atoms with van der Waals surface area (Å²) in [5.74, 6) is -0.0415. The SMILES string of the molecule is Cc1cc(S(=O)(=O)N2CCN(C(=O)c3cc4c(C)nn(C)c4s3)CC2)c(C)s1. The Labute approximate surface area is 172 Å². The smallest absolute Gasteiger partial charge is 0.264 e. The van der Waals surface area contributed by atoms with E-state index >= 15 is 0 Å². The first-order valence-corrected chi connectivity index (χ1v) is 12.1. The number of nitrogens with zero attached hydrogens (tertiary/aromatic N) is 4. The van der Waals surface area contributed by atoms with Gasteiger partial charge in [-0.25, -0.2) is 8.42 Å². The zero-order valence-electron chi connectivity index (χ0n) is 16.2. The van der Waals surface area contributed by atoms with Gasteiger partial charge in [0, 0.05) is 48.4 Å². The lowest BCUT2D eigenvalue weighted by Crippen LogP contribution is -2.50. The Bertz CT molecular complexity index is 1130. The lowest BCUT2D eigenvalue weighted by Gasteiger charge is -2.33. The fraction of sp³-hybridized carbons (Fsp3) is 0.444. The van der Waals surface area contributed by atoms with E-state index in [1.54, 1.807) is 15.6 Å². The molecule has 4 rings (SSSR count). The van der Waals surface area contributed by atoms with Gasteiger partial charge >= 0.3 is 0 Å². The molecule has 0 unspecified atom stereocenters. The van der Waals surface area contributed by atoms with Crippen molar-refractivity contribution in [3.8, 4) is 0 Å². The van der Waals surface area contributed by atoms with E-state index in [2.05, 4.69) is 5.10 Å². The average Bonchev–Trinajstić information content (AvgIpc) is 3.31. The van der Waals surface area contributed by atoms with Gasteiger partial charge in [-0.3, -0.25) is 9.48 Å². The zero-order valence-corrected chi connectivity index (χ0v) is 18.7. The van der Waals surface area contributed by atoms with E-state index in [-0.39, 0.29) is 5.91 Å². The van der Waals surface area contributed by atoms with Gasteiger partial charge in [-0.1, -0.05) is 0 Å². The molecule has 3 aromatic rings. The highest BCUT2D eigenvalue weighted by Crippen LogP contribution is 2.30. The number of aryl methyl sites for hydroxylation is 4. The van der Waals surface area contributed by atoms with E-state index in [1.807, 2.05) is 33.9 Å². The molecule has 150 valence electrons. The molecule has 0 aliphatic carbocycles. The lowest BCUT2D eigenvalue weighted by atomic mass is 10.3. The van der Waals surface area contributed by atoms with Crippen LogP contribution >= 0.6 is 22.7 Å². The summed E-state index contributed by atoms with van der Waals surface area (Å²) in [6, 6.07) is 3.63. The van der Waals surface area contributed by atoms with Gasteiger partial charge in [-0.2, -0.15) is 9.40 Å². The molecule has 1 fully saturated rings. The third kappa shape index (κ3) is 3.18. The second kappa shape index (κ2) is 6.94. The number of hydrogen-bond donors (Lipinski definition) is 0. The molecule has 1 aliphatic rings. The van der Waals surface area contributed by atoms with Crippen LogP contribution < -0.4 is 0 Å². The first-order valence-electron chi connectivity index (χ1n) is 8.98. The Morgan fingerprint density at radius 2 is 1.75 bits per heavy atom. The number of rotatable bonds is 3. The van der Waals surface area contributed by atoms with Crippen molar-refractivity contribution in [1.82, 2.24) is 19.0 Å². The van der Waals surface area contributed by atoms with Gasteiger partial charge in [0.15, 0.2) is 0 Å². The van der Waals surface area contributed by atoms with Crippen LogP contribution in [0.25, 0.3) is 10.2 Å². The van der Waals surface area contributed by atoms with Gasteiger partial charge in [0.2, 0.25) is 10.0 Å². The Balaban J connectivity index is 1.49. The van der Waals surface area contributed by atoms with Crippen molar-refractivity contribution in [2.75, 3.05) is 26.2 Å². The molecule has 0 bridgehead atoms. The Morgan fingerprint density at radius 1 is 1.07 bits per heavy atom. The molecule has 4 heterocycles. The quantitative estimate of drug-likeness (QED) is 0.630. The van der Waals surface area contributed by atoms with Crippen LogP contribution in [0.3, 0.4) is 0 Å². The van der Waals surface area contributed by atoms with Gasteiger partial charge in [-0.05, 0) is 32.9 Å². The lowest BCUT2D eigenvalue weighted by molar-refractivity contribution is 0.0703. The topological polar surface area (TPSA) is 75.5 Å². The van der Waals surface area contributed by atoms with E-state index in [1.165, 1.54) is 27.0 Å². The molecule has 0 saturated carbocycles. The largest absolute Gasteiger partial charge is 0.335 e. The van der Waals surface area contributed by atoms with Crippen molar-refractivity contribution in [3.05, 3.63) is 32.5 Å². The summed E-state index contributed by atoms with van der Waals surface area (Å²) in [6.45, 7) is 7.10. The number of hydrogen-bond acceptors (Lipinski definition) is 6. The van der Waals surface area contributed by atoms with E-state index < -0.39 is 10.0 Å². The van der Waals surface area contributed by atoms with Crippen molar-refractivity contribution in [3.63, 3.8) is 0 Å². The minimum atomic E-state index is -3.51. The van der Waals surface area contributed by atoms with Crippen LogP contribution in [0.15, 0.2) is 17.0 Å². The molecule has 0 radical (unpaired) electrons. The molecular formula is C18H22N4O3S3. The van der Waals surface area contributed by atoms with Crippen LogP contribution in [0.1, 0.15) is 25.1 Å². The third-order valence-corrected chi connectivity index (χ3v) is 9.36. The molecule has 28 heavy (non-hydrogen) atoms. The number of amides is 1. The molecule has 0 aromatic carbocycles. The van der Waals surface area contributed by atoms with Crippen molar-refractivity contribution in [2.24, 2.45) is 7.05 Å². The normalized spacial score (nSPS) is 16.2. The Morgan fingerprint density at radius 3 is 2.32 bits per heavy atom. The molecular weight excluding hydrogens is 416 g/mol. The summed E-state index contributed by atoms with van der Waals surface area (Å²) in [5.41, 5.74) is 0.908. The maximum absolute atomic E-state index is 12.9. The second-order valence-corrected chi connectivity index (χ2v) is 11.4. The van der Waals surface area contributed by atoms with E-state index in [0.717, 1.165) is 25.7 Å². The first kappa shape index (κ1) is 19.6. The standard InChI is InChI=1S/C18H22N4O3S3/c1-11-9-16(13(3)26-11)28(24,25)22-7-5-21(6-8-22)17(23)15-10-14-12(2)19-20(4)18(14)27-15/h9-10H,5-8H2,1-4H3. The summed E-state index contributed by atoms with van der Waals surface area (Å²) in [6.07, 6.45) is 0. The fourth-order valence-corrected chi connectivity index (χ4v) is 7.64. The highest BCUT2D eigenvalue weighted by molar-refractivity contribution is 7.89. The predicted octanol–water partition coefficient (Wildman–Crippen LogP) is 2.77. The third-order valence-electron chi connectivity index (χ3n) is 5.05. The number of carbonyl (C=O) groups is 1. The molecule has 1 saturated heterocycles. The number of carbonyl (C=O) groups excluding carboxylic acids is 1. The van der Waals surface area contributed by atoms with Crippen molar-refractivity contribution in [1.29, 1.82) is 0 Å². The molecule has 1 aliphatic heterocycles. The molecule has 0 spiro atoms. The average molecular weight is 439 g/mol. The van der Waals surface area contributed by atoms with Crippen molar-refractivity contribution >= 4 is 48.8 Å². The highest BCUT2D eigenvalue weighted by atomic mass is 32.2. The second-order valence-electron chi connectivity index (χ2n) is 7.01. The summed E-state index contributed by atoms with van der Waals surface area (Å²) < 4.78 is 29.2. The molecule has 10 heteroatoms. The predicted molar refractivity (Wildman–Crippen MR) is 112 cm³/mol. The maximum atomic E-state index is 12.9. The van der Waals surface area contributed by atoms with Crippen LogP contribution in [0.2, 0.25) is 0 Å². The summed E-state index contributed by atoms with van der Waals surface area (Å²) in [5, 5.41) is 5.37. The minimum Gasteiger partial charge on any atom is -0.335 e. The van der Waals surface area contributed by atoms with Gasteiger partial charge in [0.1, 0.15) is 4.83 Å². The number of fused-ring (bicyclic) bond motifs is 1. The van der Waals surface area contributed by atoms with Crippen molar-refractivity contribution in [2.45, 2.75) is 25.7 Å². The highest BCUT2D eigenvalue weighted by Gasteiger charge is 2.32. The van der Waals surface area contributed by atoms with Crippen LogP contribution in [0.4, 0.5) is 0 Å². The van der Waals surface area contributed by atoms with Crippen LogP contribution in [0, 0.1) is 20.8 Å². The van der Waals surface area contributed by atoms with E-state index in [9.17, 15) is 13.2 Å². The molecule has 0 N–H and O–H groups in total. The first-order chi connectivity index (χ1) is 13.2. The maximum Gasteiger partial charge on any atom is 0.264 e. The minimum absolute atomic E-state index is 0.0415. The molecule has 0 atom stereocenters. The summed E-state index contributed by atoms with van der Waals surface area (Å²) in [7, 11) is -1.64. The van der Waals surface area contributed by atoms with Crippen molar-refractivity contribution < 1.29 is 13.2 Å². The summed E-state index contributed by atoms with van der Waals surface area (Å²) >= 11 is 2.92. The van der Waals surface area contributed by atoms with Gasteiger partial charge < -0.3 is 4.90 Å². The molecule has 1 amide bonds.